The van der Waals surface area contributed by atoms with Gasteiger partial charge < -0.3 is 4.90 Å². The normalized spacial score (nSPS) is 32.6. The number of amides is 1. The molecule has 1 N–H and O–H groups in total. The maximum absolute atomic E-state index is 13.2. The van der Waals surface area contributed by atoms with E-state index < -0.39 is 0 Å². The summed E-state index contributed by atoms with van der Waals surface area (Å²) in [7, 11) is 0. The van der Waals surface area contributed by atoms with Crippen LogP contribution in [0.3, 0.4) is 0 Å². The molecule has 4 aliphatic carbocycles. The van der Waals surface area contributed by atoms with Crippen LogP contribution in [-0.2, 0) is 11.2 Å². The summed E-state index contributed by atoms with van der Waals surface area (Å²) in [6, 6.07) is 3.91. The molecule has 4 saturated carbocycles. The molecular formula is C24H32N4O2S. The monoisotopic (exact) mass is 440 g/mol. The van der Waals surface area contributed by atoms with E-state index >= 15 is 0 Å². The minimum absolute atomic E-state index is 0.166. The van der Waals surface area contributed by atoms with Crippen LogP contribution in [0.5, 0.6) is 0 Å². The van der Waals surface area contributed by atoms with Crippen LogP contribution in [0, 0.1) is 29.1 Å². The molecule has 1 saturated heterocycles. The number of hydrogen-bond donors (Lipinski definition) is 1. The zero-order chi connectivity index (χ0) is 21.0. The van der Waals surface area contributed by atoms with Gasteiger partial charge in [0.2, 0.25) is 5.91 Å². The molecule has 6 nitrogen and oxygen atoms in total. The fraction of sp³-hybridized carbons (Fsp3) is 0.708. The first-order valence-electron chi connectivity index (χ1n) is 12.0. The van der Waals surface area contributed by atoms with Crippen molar-refractivity contribution < 1.29 is 4.79 Å². The highest BCUT2D eigenvalue weighted by molar-refractivity contribution is 7.12. The number of carbonyl (C=O) groups excluding carboxylic acids is 1. The lowest BCUT2D eigenvalue weighted by atomic mass is 9.49. The maximum Gasteiger partial charge on any atom is 0.348 e. The minimum Gasteiger partial charge on any atom is -0.343 e. The summed E-state index contributed by atoms with van der Waals surface area (Å²) in [5.74, 6) is 4.39. The van der Waals surface area contributed by atoms with Gasteiger partial charge in [0.25, 0.3) is 0 Å². The fourth-order valence-corrected chi connectivity index (χ4v) is 8.42. The lowest BCUT2D eigenvalue weighted by Crippen LogP contribution is -2.49. The first-order chi connectivity index (χ1) is 15.1. The van der Waals surface area contributed by atoms with Crippen molar-refractivity contribution in [3.8, 4) is 5.00 Å². The number of carbonyl (C=O) groups is 1. The highest BCUT2D eigenvalue weighted by Gasteiger charge is 2.51. The number of rotatable bonds is 5. The molecule has 1 amide bonds. The van der Waals surface area contributed by atoms with E-state index in [4.69, 9.17) is 0 Å². The summed E-state index contributed by atoms with van der Waals surface area (Å²) in [5, 5.41) is 9.80. The van der Waals surface area contributed by atoms with Crippen molar-refractivity contribution in [3.63, 3.8) is 0 Å². The van der Waals surface area contributed by atoms with Gasteiger partial charge in [-0.3, -0.25) is 4.79 Å². The molecule has 0 aromatic carbocycles. The van der Waals surface area contributed by atoms with E-state index in [0.717, 1.165) is 67.4 Å². The summed E-state index contributed by atoms with van der Waals surface area (Å²) < 4.78 is 1.70. The molecule has 7 heteroatoms. The standard InChI is InChI=1S/C24H32N4O2S/c29-21(15-24-12-17-8-18(13-24)10-19(9-17)14-24)27-5-3-16(4-6-27)11-20-25-26-23(30)28(20)22-2-1-7-31-22/h1-2,7,16-19H,3-6,8-15H2,(H,26,30). The predicted molar refractivity (Wildman–Crippen MR) is 120 cm³/mol. The molecule has 166 valence electrons. The predicted octanol–water partition coefficient (Wildman–Crippen LogP) is 4.01. The maximum atomic E-state index is 13.2. The third-order valence-electron chi connectivity index (χ3n) is 8.60. The quantitative estimate of drug-likeness (QED) is 0.764. The molecule has 7 rings (SSSR count). The van der Waals surface area contributed by atoms with Crippen LogP contribution >= 0.6 is 11.3 Å². The van der Waals surface area contributed by atoms with Crippen LogP contribution in [-0.4, -0.2) is 38.7 Å². The van der Waals surface area contributed by atoms with Crippen molar-refractivity contribution in [2.45, 2.75) is 64.2 Å². The molecule has 0 spiro atoms. The molecule has 5 aliphatic rings. The van der Waals surface area contributed by atoms with E-state index in [-0.39, 0.29) is 5.69 Å². The van der Waals surface area contributed by atoms with Crippen LogP contribution in [0.25, 0.3) is 5.00 Å². The van der Waals surface area contributed by atoms with Crippen molar-refractivity contribution in [2.24, 2.45) is 29.1 Å². The van der Waals surface area contributed by atoms with Crippen molar-refractivity contribution in [3.05, 3.63) is 33.8 Å². The van der Waals surface area contributed by atoms with Crippen molar-refractivity contribution in [1.82, 2.24) is 19.7 Å². The molecule has 31 heavy (non-hydrogen) atoms. The minimum atomic E-state index is -0.166. The van der Waals surface area contributed by atoms with E-state index in [2.05, 4.69) is 15.1 Å². The smallest absolute Gasteiger partial charge is 0.343 e. The van der Waals surface area contributed by atoms with E-state index in [1.165, 1.54) is 38.5 Å². The number of H-pyrrole nitrogens is 1. The van der Waals surface area contributed by atoms with Gasteiger partial charge >= 0.3 is 5.69 Å². The Kier molecular flexibility index (Phi) is 4.85. The highest BCUT2D eigenvalue weighted by atomic mass is 32.1. The number of nitrogens with one attached hydrogen (secondary N) is 1. The third-order valence-corrected chi connectivity index (χ3v) is 9.45. The number of hydrogen-bond acceptors (Lipinski definition) is 4. The Bertz CT molecular complexity index is 964. The number of aromatic amines is 1. The largest absolute Gasteiger partial charge is 0.348 e. The summed E-state index contributed by atoms with van der Waals surface area (Å²) in [6.45, 7) is 1.70. The number of piperidine rings is 1. The van der Waals surface area contributed by atoms with Gasteiger partial charge in [0.15, 0.2) is 0 Å². The molecular weight excluding hydrogens is 408 g/mol. The van der Waals surface area contributed by atoms with Crippen LogP contribution in [0.2, 0.25) is 0 Å². The SMILES string of the molecule is O=C(CC12CC3CC(CC(C3)C1)C2)N1CCC(Cc2n[nH]c(=O)n2-c2cccs2)CC1. The average Bonchev–Trinajstić information content (AvgIpc) is 3.37. The Morgan fingerprint density at radius 1 is 1.13 bits per heavy atom. The second kappa shape index (κ2) is 7.61. The average molecular weight is 441 g/mol. The van der Waals surface area contributed by atoms with Gasteiger partial charge in [-0.2, -0.15) is 5.10 Å². The fourth-order valence-electron chi connectivity index (χ4n) is 7.67. The van der Waals surface area contributed by atoms with Gasteiger partial charge in [-0.1, -0.05) is 0 Å². The summed E-state index contributed by atoms with van der Waals surface area (Å²) in [4.78, 5) is 27.6. The summed E-state index contributed by atoms with van der Waals surface area (Å²) >= 11 is 1.55. The molecule has 2 aromatic heterocycles. The van der Waals surface area contributed by atoms with Gasteiger partial charge in [0.1, 0.15) is 10.8 Å². The van der Waals surface area contributed by atoms with E-state index in [9.17, 15) is 9.59 Å². The van der Waals surface area contributed by atoms with E-state index in [1.54, 1.807) is 15.9 Å². The molecule has 0 atom stereocenters. The van der Waals surface area contributed by atoms with Gasteiger partial charge in [0, 0.05) is 25.9 Å². The van der Waals surface area contributed by atoms with Gasteiger partial charge in [-0.25, -0.2) is 14.5 Å². The van der Waals surface area contributed by atoms with Gasteiger partial charge in [-0.05, 0) is 98.0 Å². The number of likely N-dealkylation sites (tertiary alicyclic amines) is 1. The second-order valence-corrected chi connectivity index (χ2v) is 11.8. The van der Waals surface area contributed by atoms with Crippen LogP contribution in [0.15, 0.2) is 22.3 Å². The molecule has 4 bridgehead atoms. The third kappa shape index (κ3) is 3.69. The first-order valence-corrected chi connectivity index (χ1v) is 12.9. The van der Waals surface area contributed by atoms with Crippen LogP contribution in [0.1, 0.15) is 63.6 Å². The number of aromatic nitrogens is 3. The van der Waals surface area contributed by atoms with Crippen molar-refractivity contribution >= 4 is 17.2 Å². The first kappa shape index (κ1) is 19.8. The Morgan fingerprint density at radius 3 is 2.42 bits per heavy atom. The Hall–Kier alpha value is -1.89. The lowest BCUT2D eigenvalue weighted by Gasteiger charge is -2.57. The van der Waals surface area contributed by atoms with Gasteiger partial charge in [0.05, 0.1) is 0 Å². The number of thiophene rings is 1. The topological polar surface area (TPSA) is 71.0 Å². The Labute approximate surface area is 187 Å². The summed E-state index contributed by atoms with van der Waals surface area (Å²) in [5.41, 5.74) is 0.162. The zero-order valence-corrected chi connectivity index (χ0v) is 18.9. The zero-order valence-electron chi connectivity index (χ0n) is 18.1. The molecule has 0 radical (unpaired) electrons. The second-order valence-electron chi connectivity index (χ2n) is 10.9. The van der Waals surface area contributed by atoms with E-state index in [1.807, 2.05) is 17.5 Å². The molecule has 1 aliphatic heterocycles. The van der Waals surface area contributed by atoms with Crippen molar-refractivity contribution in [2.75, 3.05) is 13.1 Å². The highest BCUT2D eigenvalue weighted by Crippen LogP contribution is 2.61. The lowest BCUT2D eigenvalue weighted by molar-refractivity contribution is -0.140. The Balaban J connectivity index is 1.06. The van der Waals surface area contributed by atoms with Crippen LogP contribution in [0.4, 0.5) is 0 Å². The molecule has 3 heterocycles. The summed E-state index contributed by atoms with van der Waals surface area (Å²) in [6.07, 6.45) is 11.8. The Morgan fingerprint density at radius 2 is 1.81 bits per heavy atom. The van der Waals surface area contributed by atoms with Crippen LogP contribution < -0.4 is 5.69 Å². The molecule has 5 fully saturated rings. The van der Waals surface area contributed by atoms with Gasteiger partial charge in [-0.15, -0.1) is 11.3 Å². The molecule has 0 unspecified atom stereocenters. The van der Waals surface area contributed by atoms with E-state index in [0.29, 0.717) is 17.2 Å². The number of nitrogens with zero attached hydrogens (tertiary/aromatic N) is 3. The van der Waals surface area contributed by atoms with Crippen molar-refractivity contribution in [1.29, 1.82) is 0 Å². The molecule has 2 aromatic rings.